The van der Waals surface area contributed by atoms with Crippen molar-refractivity contribution < 1.29 is 24.2 Å². The predicted molar refractivity (Wildman–Crippen MR) is 104 cm³/mol. The zero-order chi connectivity index (χ0) is 19.6. The van der Waals surface area contributed by atoms with Gasteiger partial charge in [0.1, 0.15) is 5.75 Å². The minimum atomic E-state index is -1.05. The molecule has 7 heteroatoms. The van der Waals surface area contributed by atoms with Crippen molar-refractivity contribution in [2.24, 2.45) is 0 Å². The molecular weight excluding hydrogens is 366 g/mol. The number of aliphatic carboxylic acids is 1. The second kappa shape index (κ2) is 7.67. The summed E-state index contributed by atoms with van der Waals surface area (Å²) in [6.07, 6.45) is 0.673. The van der Waals surface area contributed by atoms with Crippen molar-refractivity contribution in [3.05, 3.63) is 64.6 Å². The van der Waals surface area contributed by atoms with Gasteiger partial charge in [0.15, 0.2) is 6.10 Å². The van der Waals surface area contributed by atoms with Gasteiger partial charge in [-0.15, -0.1) is 0 Å². The van der Waals surface area contributed by atoms with Crippen LogP contribution in [-0.4, -0.2) is 28.3 Å². The first-order chi connectivity index (χ1) is 12.8. The van der Waals surface area contributed by atoms with Crippen LogP contribution < -0.4 is 9.64 Å². The van der Waals surface area contributed by atoms with E-state index in [1.807, 2.05) is 13.0 Å². The first-order valence-corrected chi connectivity index (χ1v) is 9.01. The molecule has 1 fully saturated rings. The van der Waals surface area contributed by atoms with Crippen LogP contribution in [0.3, 0.4) is 0 Å². The number of amides is 2. The van der Waals surface area contributed by atoms with Crippen LogP contribution in [0.15, 0.2) is 53.4 Å². The highest BCUT2D eigenvalue weighted by atomic mass is 32.2. The van der Waals surface area contributed by atoms with E-state index in [-0.39, 0.29) is 11.1 Å². The number of imide groups is 1. The molecule has 138 valence electrons. The molecular formula is C20H17NO5S. The van der Waals surface area contributed by atoms with E-state index in [0.29, 0.717) is 21.9 Å². The highest BCUT2D eigenvalue weighted by Gasteiger charge is 2.36. The maximum Gasteiger partial charge on any atom is 0.344 e. The van der Waals surface area contributed by atoms with Gasteiger partial charge in [-0.1, -0.05) is 24.3 Å². The van der Waals surface area contributed by atoms with Crippen molar-refractivity contribution in [1.29, 1.82) is 0 Å². The number of aryl methyl sites for hydroxylation is 1. The summed E-state index contributed by atoms with van der Waals surface area (Å²) < 4.78 is 5.27. The summed E-state index contributed by atoms with van der Waals surface area (Å²) in [5, 5.41) is 8.53. The maximum atomic E-state index is 12.6. The van der Waals surface area contributed by atoms with E-state index in [4.69, 9.17) is 9.84 Å². The van der Waals surface area contributed by atoms with E-state index < -0.39 is 12.1 Å². The third kappa shape index (κ3) is 4.20. The predicted octanol–water partition coefficient (Wildman–Crippen LogP) is 4.09. The van der Waals surface area contributed by atoms with Crippen LogP contribution in [0.1, 0.15) is 18.1 Å². The molecule has 2 amide bonds. The number of carbonyl (C=O) groups excluding carboxylic acids is 2. The van der Waals surface area contributed by atoms with E-state index in [2.05, 4.69) is 0 Å². The van der Waals surface area contributed by atoms with Crippen LogP contribution in [0.2, 0.25) is 0 Å². The van der Waals surface area contributed by atoms with Crippen LogP contribution in [0.5, 0.6) is 5.75 Å². The van der Waals surface area contributed by atoms with Crippen LogP contribution in [0, 0.1) is 6.92 Å². The van der Waals surface area contributed by atoms with E-state index in [1.165, 1.54) is 6.92 Å². The molecule has 1 aliphatic rings. The van der Waals surface area contributed by atoms with Gasteiger partial charge in [-0.3, -0.25) is 9.59 Å². The average molecular weight is 383 g/mol. The Morgan fingerprint density at radius 3 is 2.52 bits per heavy atom. The highest BCUT2D eigenvalue weighted by Crippen LogP contribution is 2.36. The van der Waals surface area contributed by atoms with Crippen LogP contribution in [-0.2, 0) is 9.59 Å². The number of carboxylic acid groups (broad SMARTS) is 1. The molecule has 1 heterocycles. The summed E-state index contributed by atoms with van der Waals surface area (Å²) in [4.78, 5) is 37.2. The van der Waals surface area contributed by atoms with Crippen molar-refractivity contribution >= 4 is 40.6 Å². The summed E-state index contributed by atoms with van der Waals surface area (Å²) in [6.45, 7) is 3.34. The zero-order valence-electron chi connectivity index (χ0n) is 14.7. The van der Waals surface area contributed by atoms with E-state index in [9.17, 15) is 14.4 Å². The number of thioether (sulfide) groups is 1. The number of carboxylic acids is 1. The van der Waals surface area contributed by atoms with Crippen LogP contribution in [0.25, 0.3) is 6.08 Å². The van der Waals surface area contributed by atoms with Gasteiger partial charge in [0, 0.05) is 0 Å². The monoisotopic (exact) mass is 383 g/mol. The van der Waals surface area contributed by atoms with E-state index in [0.717, 1.165) is 22.2 Å². The topological polar surface area (TPSA) is 83.9 Å². The van der Waals surface area contributed by atoms with Gasteiger partial charge in [0.25, 0.3) is 11.1 Å². The van der Waals surface area contributed by atoms with Gasteiger partial charge < -0.3 is 9.84 Å². The van der Waals surface area contributed by atoms with Gasteiger partial charge in [-0.2, -0.15) is 0 Å². The Balaban J connectivity index is 1.78. The minimum Gasteiger partial charge on any atom is -0.479 e. The van der Waals surface area contributed by atoms with Crippen molar-refractivity contribution in [3.8, 4) is 5.75 Å². The molecule has 0 radical (unpaired) electrons. The first-order valence-electron chi connectivity index (χ1n) is 8.19. The Morgan fingerprint density at radius 1 is 1.19 bits per heavy atom. The second-order valence-corrected chi connectivity index (χ2v) is 7.02. The normalized spacial score (nSPS) is 16.7. The summed E-state index contributed by atoms with van der Waals surface area (Å²) >= 11 is 0.886. The Kier molecular flexibility index (Phi) is 5.32. The van der Waals surface area contributed by atoms with Crippen LogP contribution >= 0.6 is 11.8 Å². The fraction of sp³-hybridized carbons (Fsp3) is 0.150. The summed E-state index contributed by atoms with van der Waals surface area (Å²) in [5.74, 6) is -1.01. The lowest BCUT2D eigenvalue weighted by atomic mass is 10.2. The molecule has 2 aromatic rings. The van der Waals surface area contributed by atoms with Gasteiger partial charge in [0.2, 0.25) is 0 Å². The lowest BCUT2D eigenvalue weighted by molar-refractivity contribution is -0.144. The fourth-order valence-electron chi connectivity index (χ4n) is 2.51. The average Bonchev–Trinajstić information content (AvgIpc) is 2.90. The number of hydrogen-bond donors (Lipinski definition) is 1. The molecule has 3 rings (SSSR count). The maximum absolute atomic E-state index is 12.6. The molecule has 2 aromatic carbocycles. The van der Waals surface area contributed by atoms with Gasteiger partial charge in [-0.05, 0) is 67.1 Å². The third-order valence-corrected chi connectivity index (χ3v) is 4.76. The molecule has 1 unspecified atom stereocenters. The summed E-state index contributed by atoms with van der Waals surface area (Å²) in [7, 11) is 0. The lowest BCUT2D eigenvalue weighted by Crippen LogP contribution is -2.27. The van der Waals surface area contributed by atoms with Gasteiger partial charge >= 0.3 is 5.97 Å². The summed E-state index contributed by atoms with van der Waals surface area (Å²) in [5.41, 5.74) is 2.22. The molecule has 0 spiro atoms. The Bertz CT molecular complexity index is 936. The Labute approximate surface area is 160 Å². The smallest absolute Gasteiger partial charge is 0.344 e. The van der Waals surface area contributed by atoms with Gasteiger partial charge in [-0.25, -0.2) is 9.69 Å². The molecule has 1 atom stereocenters. The standard InChI is InChI=1S/C20H17NO5S/c1-12-4-3-5-15(10-12)21-18(22)17(27-20(21)25)11-14-6-8-16(9-7-14)26-13(2)19(23)24/h3-11,13H,1-2H3,(H,23,24)/b17-11+. The number of hydrogen-bond acceptors (Lipinski definition) is 5. The zero-order valence-corrected chi connectivity index (χ0v) is 15.5. The molecule has 27 heavy (non-hydrogen) atoms. The highest BCUT2D eigenvalue weighted by molar-refractivity contribution is 8.19. The molecule has 0 aliphatic carbocycles. The van der Waals surface area contributed by atoms with Crippen molar-refractivity contribution in [2.45, 2.75) is 20.0 Å². The first kappa shape index (κ1) is 18.7. The van der Waals surface area contributed by atoms with Crippen molar-refractivity contribution in [1.82, 2.24) is 0 Å². The number of ether oxygens (including phenoxy) is 1. The van der Waals surface area contributed by atoms with Crippen molar-refractivity contribution in [3.63, 3.8) is 0 Å². The Morgan fingerprint density at radius 2 is 1.89 bits per heavy atom. The molecule has 0 saturated carbocycles. The second-order valence-electron chi connectivity index (χ2n) is 6.02. The van der Waals surface area contributed by atoms with Crippen LogP contribution in [0.4, 0.5) is 10.5 Å². The molecule has 1 saturated heterocycles. The van der Waals surface area contributed by atoms with E-state index >= 15 is 0 Å². The number of nitrogens with zero attached hydrogens (tertiary/aromatic N) is 1. The van der Waals surface area contributed by atoms with E-state index in [1.54, 1.807) is 48.5 Å². The number of anilines is 1. The Hall–Kier alpha value is -3.06. The minimum absolute atomic E-state index is 0.328. The number of carbonyl (C=O) groups is 3. The summed E-state index contributed by atoms with van der Waals surface area (Å²) in [6, 6.07) is 13.8. The fourth-order valence-corrected chi connectivity index (χ4v) is 3.35. The number of rotatable bonds is 5. The molecule has 1 N–H and O–H groups in total. The molecule has 0 aromatic heterocycles. The molecule has 0 bridgehead atoms. The lowest BCUT2D eigenvalue weighted by Gasteiger charge is -2.12. The third-order valence-electron chi connectivity index (χ3n) is 3.89. The van der Waals surface area contributed by atoms with Crippen molar-refractivity contribution in [2.75, 3.05) is 4.90 Å². The molecule has 1 aliphatic heterocycles. The quantitative estimate of drug-likeness (QED) is 0.783. The molecule has 6 nitrogen and oxygen atoms in total. The SMILES string of the molecule is Cc1cccc(N2C(=O)S/C(=C/c3ccc(OC(C)C(=O)O)cc3)C2=O)c1. The number of benzene rings is 2. The largest absolute Gasteiger partial charge is 0.479 e. The van der Waals surface area contributed by atoms with Gasteiger partial charge in [0.05, 0.1) is 10.6 Å².